The van der Waals surface area contributed by atoms with E-state index in [-0.39, 0.29) is 0 Å². The Kier molecular flexibility index (Phi) is 2.91. The molecule has 0 atom stereocenters. The molecule has 0 heterocycles. The number of nitrogens with one attached hydrogen (secondary N) is 1. The topological polar surface area (TPSA) is 38.0 Å². The number of rotatable bonds is 5. The van der Waals surface area contributed by atoms with Crippen LogP contribution >= 0.6 is 15.9 Å². The van der Waals surface area contributed by atoms with Gasteiger partial charge in [0.05, 0.1) is 0 Å². The average Bonchev–Trinajstić information content (AvgIpc) is 3.14. The Labute approximate surface area is 111 Å². The number of nitrogen functional groups attached to an aromatic ring is 1. The van der Waals surface area contributed by atoms with E-state index in [4.69, 9.17) is 5.73 Å². The SMILES string of the molecule is Nc1ccc(Br)c(CNCC2(C3CC3)CC2)c1. The van der Waals surface area contributed by atoms with Gasteiger partial charge < -0.3 is 11.1 Å². The summed E-state index contributed by atoms with van der Waals surface area (Å²) in [5.74, 6) is 1.03. The van der Waals surface area contributed by atoms with Crippen molar-refractivity contribution in [3.63, 3.8) is 0 Å². The molecule has 2 fully saturated rings. The summed E-state index contributed by atoms with van der Waals surface area (Å²) in [5, 5.41) is 3.61. The first-order chi connectivity index (χ1) is 8.20. The summed E-state index contributed by atoms with van der Waals surface area (Å²) < 4.78 is 1.15. The van der Waals surface area contributed by atoms with Gasteiger partial charge in [-0.2, -0.15) is 0 Å². The van der Waals surface area contributed by atoms with E-state index in [0.717, 1.165) is 22.6 Å². The summed E-state index contributed by atoms with van der Waals surface area (Å²) in [6, 6.07) is 6.01. The molecule has 2 aliphatic carbocycles. The highest BCUT2D eigenvalue weighted by atomic mass is 79.9. The highest BCUT2D eigenvalue weighted by Gasteiger charge is 2.53. The Morgan fingerprint density at radius 2 is 2.12 bits per heavy atom. The molecule has 92 valence electrons. The van der Waals surface area contributed by atoms with Crippen LogP contribution in [0.5, 0.6) is 0 Å². The van der Waals surface area contributed by atoms with Gasteiger partial charge in [-0.05, 0) is 60.8 Å². The molecule has 0 aromatic heterocycles. The van der Waals surface area contributed by atoms with E-state index < -0.39 is 0 Å². The van der Waals surface area contributed by atoms with Crippen molar-refractivity contribution in [1.82, 2.24) is 5.32 Å². The van der Waals surface area contributed by atoms with Crippen LogP contribution in [0.4, 0.5) is 5.69 Å². The molecule has 1 aromatic carbocycles. The Morgan fingerprint density at radius 1 is 1.35 bits per heavy atom. The van der Waals surface area contributed by atoms with Crippen molar-refractivity contribution in [2.24, 2.45) is 11.3 Å². The van der Waals surface area contributed by atoms with Gasteiger partial charge in [0.25, 0.3) is 0 Å². The maximum absolute atomic E-state index is 5.81. The molecule has 0 aliphatic heterocycles. The van der Waals surface area contributed by atoms with Crippen LogP contribution in [0.1, 0.15) is 31.2 Å². The maximum atomic E-state index is 5.81. The number of nitrogens with two attached hydrogens (primary N) is 1. The maximum Gasteiger partial charge on any atom is 0.0318 e. The fraction of sp³-hybridized carbons (Fsp3) is 0.571. The number of halogens is 1. The van der Waals surface area contributed by atoms with Crippen LogP contribution in [0.2, 0.25) is 0 Å². The standard InChI is InChI=1S/C14H19BrN2/c15-13-4-3-12(16)7-10(13)8-17-9-14(5-6-14)11-1-2-11/h3-4,7,11,17H,1-2,5-6,8-9,16H2. The first-order valence-corrected chi connectivity index (χ1v) is 7.24. The second-order valence-electron chi connectivity index (χ2n) is 5.59. The Morgan fingerprint density at radius 3 is 2.76 bits per heavy atom. The first-order valence-electron chi connectivity index (χ1n) is 6.44. The molecule has 17 heavy (non-hydrogen) atoms. The molecule has 3 N–H and O–H groups in total. The van der Waals surface area contributed by atoms with E-state index in [2.05, 4.69) is 21.2 Å². The molecular weight excluding hydrogens is 276 g/mol. The van der Waals surface area contributed by atoms with Crippen LogP contribution in [-0.4, -0.2) is 6.54 Å². The van der Waals surface area contributed by atoms with Gasteiger partial charge in [-0.1, -0.05) is 15.9 Å². The Balaban J connectivity index is 1.55. The summed E-state index contributed by atoms with van der Waals surface area (Å²) in [5.41, 5.74) is 8.58. The molecule has 3 heteroatoms. The predicted octanol–water partition coefficient (Wildman–Crippen LogP) is 3.31. The van der Waals surface area contributed by atoms with Crippen molar-refractivity contribution < 1.29 is 0 Å². The quantitative estimate of drug-likeness (QED) is 0.818. The van der Waals surface area contributed by atoms with E-state index in [0.29, 0.717) is 5.41 Å². The zero-order valence-corrected chi connectivity index (χ0v) is 11.6. The van der Waals surface area contributed by atoms with Gasteiger partial charge in [0, 0.05) is 23.2 Å². The van der Waals surface area contributed by atoms with Crippen LogP contribution in [0.3, 0.4) is 0 Å². The normalized spacial score (nSPS) is 21.5. The third-order valence-electron chi connectivity index (χ3n) is 4.20. The Hall–Kier alpha value is -0.540. The first kappa shape index (κ1) is 11.5. The Bertz CT molecular complexity index is 422. The third-order valence-corrected chi connectivity index (χ3v) is 4.97. The van der Waals surface area contributed by atoms with Gasteiger partial charge in [0.2, 0.25) is 0 Å². The van der Waals surface area contributed by atoms with Gasteiger partial charge in [-0.3, -0.25) is 0 Å². The van der Waals surface area contributed by atoms with Crippen LogP contribution in [-0.2, 0) is 6.54 Å². The van der Waals surface area contributed by atoms with Crippen molar-refractivity contribution in [3.05, 3.63) is 28.2 Å². The summed E-state index contributed by atoms with van der Waals surface area (Å²) >= 11 is 3.57. The zero-order chi connectivity index (χ0) is 11.9. The monoisotopic (exact) mass is 294 g/mol. The van der Waals surface area contributed by atoms with Gasteiger partial charge in [-0.25, -0.2) is 0 Å². The van der Waals surface area contributed by atoms with E-state index in [1.54, 1.807) is 0 Å². The molecule has 0 radical (unpaired) electrons. The number of hydrogen-bond acceptors (Lipinski definition) is 2. The fourth-order valence-corrected chi connectivity index (χ4v) is 3.15. The van der Waals surface area contributed by atoms with Gasteiger partial charge in [0.15, 0.2) is 0 Å². The van der Waals surface area contributed by atoms with E-state index >= 15 is 0 Å². The lowest BCUT2D eigenvalue weighted by molar-refractivity contribution is 0.403. The molecule has 2 saturated carbocycles. The number of benzene rings is 1. The largest absolute Gasteiger partial charge is 0.399 e. The summed E-state index contributed by atoms with van der Waals surface area (Å²) in [4.78, 5) is 0. The molecule has 2 nitrogen and oxygen atoms in total. The molecule has 0 bridgehead atoms. The predicted molar refractivity (Wildman–Crippen MR) is 74.7 cm³/mol. The second-order valence-corrected chi connectivity index (χ2v) is 6.45. The van der Waals surface area contributed by atoms with Gasteiger partial charge >= 0.3 is 0 Å². The van der Waals surface area contributed by atoms with Crippen LogP contribution in [0, 0.1) is 11.3 Å². The van der Waals surface area contributed by atoms with Crippen LogP contribution < -0.4 is 11.1 Å². The molecule has 0 spiro atoms. The van der Waals surface area contributed by atoms with Crippen molar-refractivity contribution in [3.8, 4) is 0 Å². The van der Waals surface area contributed by atoms with Crippen molar-refractivity contribution >= 4 is 21.6 Å². The molecule has 1 aromatic rings. The zero-order valence-electron chi connectivity index (χ0n) is 10.0. The summed E-state index contributed by atoms with van der Waals surface area (Å²) in [6.45, 7) is 2.10. The highest BCUT2D eigenvalue weighted by molar-refractivity contribution is 9.10. The van der Waals surface area contributed by atoms with Crippen molar-refractivity contribution in [2.75, 3.05) is 12.3 Å². The third kappa shape index (κ3) is 2.50. The molecular formula is C14H19BrN2. The average molecular weight is 295 g/mol. The van der Waals surface area contributed by atoms with Crippen molar-refractivity contribution in [1.29, 1.82) is 0 Å². The minimum atomic E-state index is 0.673. The summed E-state index contributed by atoms with van der Waals surface area (Å²) in [7, 11) is 0. The lowest BCUT2D eigenvalue weighted by Gasteiger charge is -2.15. The molecule has 0 amide bonds. The van der Waals surface area contributed by atoms with E-state index in [1.165, 1.54) is 37.8 Å². The van der Waals surface area contributed by atoms with Crippen molar-refractivity contribution in [2.45, 2.75) is 32.2 Å². The van der Waals surface area contributed by atoms with Gasteiger partial charge in [0.1, 0.15) is 0 Å². The lowest BCUT2D eigenvalue weighted by Crippen LogP contribution is -2.25. The lowest BCUT2D eigenvalue weighted by atomic mass is 10.0. The molecule has 0 saturated heterocycles. The van der Waals surface area contributed by atoms with Crippen LogP contribution in [0.25, 0.3) is 0 Å². The number of anilines is 1. The van der Waals surface area contributed by atoms with E-state index in [9.17, 15) is 0 Å². The van der Waals surface area contributed by atoms with E-state index in [1.807, 2.05) is 18.2 Å². The minimum absolute atomic E-state index is 0.673. The highest BCUT2D eigenvalue weighted by Crippen LogP contribution is 2.60. The smallest absolute Gasteiger partial charge is 0.0318 e. The fourth-order valence-electron chi connectivity index (χ4n) is 2.76. The minimum Gasteiger partial charge on any atom is -0.399 e. The number of hydrogen-bond donors (Lipinski definition) is 2. The molecule has 3 rings (SSSR count). The second kappa shape index (κ2) is 4.29. The molecule has 2 aliphatic rings. The summed E-state index contributed by atoms with van der Waals surface area (Å²) in [6.07, 6.45) is 5.79. The molecule has 0 unspecified atom stereocenters. The van der Waals surface area contributed by atoms with Crippen LogP contribution in [0.15, 0.2) is 22.7 Å². The van der Waals surface area contributed by atoms with Gasteiger partial charge in [-0.15, -0.1) is 0 Å².